The number of carbonyl (C=O) groups is 2. The summed E-state index contributed by atoms with van der Waals surface area (Å²) < 4.78 is 38.0. The molecule has 0 aliphatic heterocycles. The van der Waals surface area contributed by atoms with Crippen LogP contribution in [-0.4, -0.2) is 28.3 Å². The topological polar surface area (TPSA) is 82.2 Å². The Morgan fingerprint density at radius 3 is 2.58 bits per heavy atom. The number of carbonyl (C=O) groups excluding carboxylic acids is 2. The number of benzene rings is 1. The normalized spacial score (nSPS) is 12.7. The van der Waals surface area contributed by atoms with Crippen molar-refractivity contribution in [3.8, 4) is 0 Å². The summed E-state index contributed by atoms with van der Waals surface area (Å²) in [5.74, 6) is -0.789. The first-order valence-corrected chi connectivity index (χ1v) is 7.01. The van der Waals surface area contributed by atoms with Crippen LogP contribution in [0, 0.1) is 0 Å². The molecule has 0 fully saturated rings. The fraction of sp³-hybridized carbons (Fsp3) is 0.250. The van der Waals surface area contributed by atoms with Crippen molar-refractivity contribution in [1.29, 1.82) is 0 Å². The number of alkyl halides is 3. The number of nitrogens with one attached hydrogen (secondary N) is 2. The molecule has 1 atom stereocenters. The molecule has 0 saturated heterocycles. The number of halogens is 3. The van der Waals surface area contributed by atoms with Gasteiger partial charge in [-0.2, -0.15) is 13.2 Å². The first kappa shape index (κ1) is 17.7. The summed E-state index contributed by atoms with van der Waals surface area (Å²) in [5, 5.41) is 12.3. The number of hydrogen-bond donors (Lipinski definition) is 3. The minimum Gasteiger partial charge on any atom is -0.387 e. The summed E-state index contributed by atoms with van der Waals surface area (Å²) in [6.45, 7) is 1.08. The molecule has 2 aromatic rings. The summed E-state index contributed by atoms with van der Waals surface area (Å²) in [7, 11) is 0. The van der Waals surface area contributed by atoms with Gasteiger partial charge in [-0.15, -0.1) is 0 Å². The van der Waals surface area contributed by atoms with E-state index >= 15 is 0 Å². The molecule has 0 radical (unpaired) electrons. The van der Waals surface area contributed by atoms with Crippen molar-refractivity contribution >= 4 is 11.7 Å². The second kappa shape index (κ2) is 6.88. The van der Waals surface area contributed by atoms with Gasteiger partial charge < -0.3 is 15.4 Å². The zero-order valence-electron chi connectivity index (χ0n) is 12.6. The molecular weight excluding hydrogens is 325 g/mol. The summed E-state index contributed by atoms with van der Waals surface area (Å²) >= 11 is 0. The van der Waals surface area contributed by atoms with Crippen LogP contribution in [-0.2, 0) is 6.18 Å². The average molecular weight is 340 g/mol. The van der Waals surface area contributed by atoms with Gasteiger partial charge in [0.1, 0.15) is 5.69 Å². The van der Waals surface area contributed by atoms with Gasteiger partial charge in [-0.05, 0) is 30.7 Å². The highest BCUT2D eigenvalue weighted by molar-refractivity contribution is 5.99. The summed E-state index contributed by atoms with van der Waals surface area (Å²) in [6, 6.07) is 5.62. The zero-order chi connectivity index (χ0) is 17.9. The molecule has 1 aromatic carbocycles. The first-order chi connectivity index (χ1) is 11.2. The number of aromatic nitrogens is 1. The first-order valence-electron chi connectivity index (χ1n) is 7.01. The van der Waals surface area contributed by atoms with Gasteiger partial charge in [0.25, 0.3) is 5.91 Å². The maximum absolute atomic E-state index is 12.7. The molecule has 0 saturated carbocycles. The Labute approximate surface area is 135 Å². The summed E-state index contributed by atoms with van der Waals surface area (Å²) in [4.78, 5) is 25.7. The lowest BCUT2D eigenvalue weighted by Gasteiger charge is -2.14. The van der Waals surface area contributed by atoms with Crippen LogP contribution < -0.4 is 5.32 Å². The molecule has 0 aliphatic carbocycles. The van der Waals surface area contributed by atoms with E-state index in [2.05, 4.69) is 10.3 Å². The van der Waals surface area contributed by atoms with Crippen LogP contribution in [0.2, 0.25) is 0 Å². The molecule has 1 aromatic heterocycles. The highest BCUT2D eigenvalue weighted by Crippen LogP contribution is 2.30. The third-order valence-corrected chi connectivity index (χ3v) is 3.39. The van der Waals surface area contributed by atoms with Gasteiger partial charge in [0.15, 0.2) is 5.78 Å². The van der Waals surface area contributed by atoms with Gasteiger partial charge in [0, 0.05) is 18.3 Å². The second-order valence-corrected chi connectivity index (χ2v) is 5.21. The molecular formula is C16H15F3N2O3. The van der Waals surface area contributed by atoms with Crippen LogP contribution >= 0.6 is 0 Å². The van der Waals surface area contributed by atoms with E-state index in [1.807, 2.05) is 0 Å². The fourth-order valence-corrected chi connectivity index (χ4v) is 2.05. The standard InChI is InChI=1S/C16H15F3N2O3/c1-9(22)11-6-13(20-7-11)15(24)21-8-14(23)10-3-2-4-12(5-10)16(17,18)19/h2-7,14,20,23H,8H2,1H3,(H,21,24)/t14-/m1/s1. The largest absolute Gasteiger partial charge is 0.416 e. The molecule has 0 aliphatic rings. The number of aromatic amines is 1. The van der Waals surface area contributed by atoms with Gasteiger partial charge in [-0.3, -0.25) is 9.59 Å². The predicted molar refractivity (Wildman–Crippen MR) is 79.5 cm³/mol. The van der Waals surface area contributed by atoms with Crippen LogP contribution in [0.25, 0.3) is 0 Å². The summed E-state index contributed by atoms with van der Waals surface area (Å²) in [5.41, 5.74) is -0.378. The van der Waals surface area contributed by atoms with Gasteiger partial charge in [-0.1, -0.05) is 12.1 Å². The lowest BCUT2D eigenvalue weighted by Crippen LogP contribution is -2.28. The number of H-pyrrole nitrogens is 1. The quantitative estimate of drug-likeness (QED) is 0.732. The number of ketones is 1. The number of amides is 1. The monoisotopic (exact) mass is 340 g/mol. The molecule has 2 rings (SSSR count). The third-order valence-electron chi connectivity index (χ3n) is 3.39. The lowest BCUT2D eigenvalue weighted by molar-refractivity contribution is -0.137. The van der Waals surface area contributed by atoms with Crippen molar-refractivity contribution in [3.63, 3.8) is 0 Å². The Bertz CT molecular complexity index is 753. The van der Waals surface area contributed by atoms with Crippen molar-refractivity contribution in [2.75, 3.05) is 6.54 Å². The second-order valence-electron chi connectivity index (χ2n) is 5.21. The van der Waals surface area contributed by atoms with Crippen molar-refractivity contribution in [2.45, 2.75) is 19.2 Å². The smallest absolute Gasteiger partial charge is 0.387 e. The molecule has 0 spiro atoms. The Hall–Kier alpha value is -2.61. The van der Waals surface area contributed by atoms with Gasteiger partial charge >= 0.3 is 6.18 Å². The predicted octanol–water partition coefficient (Wildman–Crippen LogP) is 2.70. The minimum absolute atomic E-state index is 0.0426. The van der Waals surface area contributed by atoms with E-state index < -0.39 is 23.8 Å². The number of Topliss-reactive ketones (excluding diaryl/α,β-unsaturated/α-hetero) is 1. The Kier molecular flexibility index (Phi) is 5.08. The van der Waals surface area contributed by atoms with E-state index in [0.717, 1.165) is 12.1 Å². The van der Waals surface area contributed by atoms with Crippen molar-refractivity contribution < 1.29 is 27.9 Å². The van der Waals surface area contributed by atoms with Crippen LogP contribution in [0.1, 0.15) is 45.0 Å². The number of rotatable bonds is 5. The van der Waals surface area contributed by atoms with E-state index in [4.69, 9.17) is 0 Å². The molecule has 3 N–H and O–H groups in total. The van der Waals surface area contributed by atoms with Gasteiger partial charge in [0.05, 0.1) is 11.7 Å². The van der Waals surface area contributed by atoms with Crippen molar-refractivity contribution in [3.05, 3.63) is 58.9 Å². The van der Waals surface area contributed by atoms with E-state index in [1.54, 1.807) is 0 Å². The van der Waals surface area contributed by atoms with Crippen LogP contribution in [0.4, 0.5) is 13.2 Å². The fourth-order valence-electron chi connectivity index (χ4n) is 2.05. The van der Waals surface area contributed by atoms with Crippen molar-refractivity contribution in [2.24, 2.45) is 0 Å². The Balaban J connectivity index is 2.01. The SMILES string of the molecule is CC(=O)c1c[nH]c(C(=O)NC[C@@H](O)c2cccc(C(F)(F)F)c2)c1. The number of hydrogen-bond acceptors (Lipinski definition) is 3. The molecule has 5 nitrogen and oxygen atoms in total. The number of aliphatic hydroxyl groups excluding tert-OH is 1. The molecule has 0 unspecified atom stereocenters. The molecule has 1 heterocycles. The highest BCUT2D eigenvalue weighted by atomic mass is 19.4. The zero-order valence-corrected chi connectivity index (χ0v) is 12.6. The maximum atomic E-state index is 12.7. The Morgan fingerprint density at radius 2 is 2.00 bits per heavy atom. The minimum atomic E-state index is -4.51. The van der Waals surface area contributed by atoms with Crippen LogP contribution in [0.5, 0.6) is 0 Å². The van der Waals surface area contributed by atoms with E-state index in [1.165, 1.54) is 31.3 Å². The molecule has 24 heavy (non-hydrogen) atoms. The van der Waals surface area contributed by atoms with E-state index in [0.29, 0.717) is 5.56 Å². The van der Waals surface area contributed by atoms with Crippen molar-refractivity contribution in [1.82, 2.24) is 10.3 Å². The van der Waals surface area contributed by atoms with Gasteiger partial charge in [0.2, 0.25) is 0 Å². The molecule has 128 valence electrons. The number of aliphatic hydroxyl groups is 1. The van der Waals surface area contributed by atoms with E-state index in [9.17, 15) is 27.9 Å². The average Bonchev–Trinajstić information content (AvgIpc) is 3.02. The third kappa shape index (κ3) is 4.23. The van der Waals surface area contributed by atoms with Crippen LogP contribution in [0.15, 0.2) is 36.5 Å². The maximum Gasteiger partial charge on any atom is 0.416 e. The lowest BCUT2D eigenvalue weighted by atomic mass is 10.1. The van der Waals surface area contributed by atoms with Gasteiger partial charge in [-0.25, -0.2) is 0 Å². The Morgan fingerprint density at radius 1 is 1.29 bits per heavy atom. The highest BCUT2D eigenvalue weighted by Gasteiger charge is 2.30. The van der Waals surface area contributed by atoms with Crippen LogP contribution in [0.3, 0.4) is 0 Å². The summed E-state index contributed by atoms with van der Waals surface area (Å²) in [6.07, 6.45) is -4.43. The van der Waals surface area contributed by atoms with E-state index in [-0.39, 0.29) is 23.6 Å². The molecule has 8 heteroatoms. The molecule has 1 amide bonds. The molecule has 0 bridgehead atoms.